The molecule has 0 bridgehead atoms. The highest BCUT2D eigenvalue weighted by atomic mass is 32.2. The van der Waals surface area contributed by atoms with Crippen molar-refractivity contribution in [3.63, 3.8) is 0 Å². The average molecular weight is 429 g/mol. The summed E-state index contributed by atoms with van der Waals surface area (Å²) in [4.78, 5) is 12.7. The van der Waals surface area contributed by atoms with Crippen molar-refractivity contribution >= 4 is 29.2 Å². The Kier molecular flexibility index (Phi) is 5.25. The zero-order chi connectivity index (χ0) is 21.1. The quantitative estimate of drug-likeness (QED) is 0.236. The summed E-state index contributed by atoms with van der Waals surface area (Å²) in [6.45, 7) is 1.70. The van der Waals surface area contributed by atoms with Crippen LogP contribution in [0.1, 0.15) is 28.9 Å². The van der Waals surface area contributed by atoms with Crippen LogP contribution in [0, 0.1) is 0 Å². The van der Waals surface area contributed by atoms with E-state index in [0.717, 1.165) is 0 Å². The van der Waals surface area contributed by atoms with Crippen molar-refractivity contribution in [1.82, 2.24) is 45.5 Å². The Balaban J connectivity index is 1.62. The highest BCUT2D eigenvalue weighted by Crippen LogP contribution is 2.24. The minimum atomic E-state index is -0.573. The second kappa shape index (κ2) is 8.16. The number of amides is 1. The molecule has 14 nitrogen and oxygen atoms in total. The molecule has 154 valence electrons. The maximum absolute atomic E-state index is 12.7. The number of aromatic nitrogens is 8. The van der Waals surface area contributed by atoms with Gasteiger partial charge in [-0.3, -0.25) is 4.79 Å². The highest BCUT2D eigenvalue weighted by Gasteiger charge is 2.24. The van der Waals surface area contributed by atoms with Gasteiger partial charge in [0.25, 0.3) is 5.91 Å². The smallest absolute Gasteiger partial charge is 0.293 e. The number of furan rings is 1. The molecule has 4 heterocycles. The SMILES string of the molecule is CC(=NNC(=O)c1nnn(-c2nonc2N)c1CSc1nncn1C)c1ccco1. The molecule has 30 heavy (non-hydrogen) atoms. The fourth-order valence-corrected chi connectivity index (χ4v) is 3.26. The van der Waals surface area contributed by atoms with E-state index in [4.69, 9.17) is 10.2 Å². The number of hydrazone groups is 1. The topological polar surface area (TPSA) is 181 Å². The van der Waals surface area contributed by atoms with Crippen molar-refractivity contribution in [3.8, 4) is 5.82 Å². The van der Waals surface area contributed by atoms with Crippen LogP contribution >= 0.6 is 11.8 Å². The van der Waals surface area contributed by atoms with E-state index in [9.17, 15) is 4.79 Å². The Labute approximate surface area is 172 Å². The van der Waals surface area contributed by atoms with Gasteiger partial charge in [-0.1, -0.05) is 17.0 Å². The van der Waals surface area contributed by atoms with Gasteiger partial charge in [0.1, 0.15) is 17.8 Å². The summed E-state index contributed by atoms with van der Waals surface area (Å²) in [5.74, 6) is 0.332. The number of hydrogen-bond acceptors (Lipinski definition) is 12. The molecule has 3 N–H and O–H groups in total. The Hall–Kier alpha value is -4.01. The molecule has 4 aromatic rings. The van der Waals surface area contributed by atoms with Gasteiger partial charge < -0.3 is 14.7 Å². The number of rotatable bonds is 7. The van der Waals surface area contributed by atoms with E-state index in [0.29, 0.717) is 22.3 Å². The lowest BCUT2D eigenvalue weighted by Gasteiger charge is -2.05. The summed E-state index contributed by atoms with van der Waals surface area (Å²) in [6.07, 6.45) is 3.08. The summed E-state index contributed by atoms with van der Waals surface area (Å²) in [7, 11) is 1.80. The van der Waals surface area contributed by atoms with Crippen LogP contribution in [0.5, 0.6) is 0 Å². The third-order valence-electron chi connectivity index (χ3n) is 3.89. The maximum atomic E-state index is 12.7. The largest absolute Gasteiger partial charge is 0.463 e. The molecule has 0 radical (unpaired) electrons. The molecule has 0 aliphatic rings. The molecular weight excluding hydrogens is 414 g/mol. The number of nitrogen functional groups attached to an aromatic ring is 1. The summed E-state index contributed by atoms with van der Waals surface area (Å²) in [6, 6.07) is 3.45. The number of nitrogens with one attached hydrogen (secondary N) is 1. The normalized spacial score (nSPS) is 11.7. The van der Waals surface area contributed by atoms with E-state index in [1.165, 1.54) is 22.7 Å². The fourth-order valence-electron chi connectivity index (χ4n) is 2.38. The lowest BCUT2D eigenvalue weighted by atomic mass is 10.3. The molecule has 0 spiro atoms. The molecule has 1 amide bonds. The molecule has 0 aliphatic carbocycles. The molecule has 0 aromatic carbocycles. The van der Waals surface area contributed by atoms with Gasteiger partial charge in [0, 0.05) is 12.8 Å². The molecule has 0 fully saturated rings. The third-order valence-corrected chi connectivity index (χ3v) is 4.93. The van der Waals surface area contributed by atoms with E-state index in [1.54, 1.807) is 37.0 Å². The molecule has 4 rings (SSSR count). The van der Waals surface area contributed by atoms with Gasteiger partial charge in [0.05, 0.1) is 12.0 Å². The summed E-state index contributed by atoms with van der Waals surface area (Å²) < 4.78 is 12.9. The van der Waals surface area contributed by atoms with Crippen LogP contribution in [-0.4, -0.2) is 51.7 Å². The average Bonchev–Trinajstić information content (AvgIpc) is 3.51. The van der Waals surface area contributed by atoms with E-state index in [-0.39, 0.29) is 23.1 Å². The molecule has 0 aliphatic heterocycles. The van der Waals surface area contributed by atoms with E-state index in [1.807, 2.05) is 0 Å². The molecule has 0 atom stereocenters. The van der Waals surface area contributed by atoms with E-state index >= 15 is 0 Å². The lowest BCUT2D eigenvalue weighted by molar-refractivity contribution is 0.0949. The Morgan fingerprint density at radius 2 is 2.23 bits per heavy atom. The lowest BCUT2D eigenvalue weighted by Crippen LogP contribution is -2.21. The first kappa shape index (κ1) is 19.3. The number of aryl methyl sites for hydroxylation is 1. The van der Waals surface area contributed by atoms with Crippen LogP contribution in [-0.2, 0) is 12.8 Å². The van der Waals surface area contributed by atoms with Crippen molar-refractivity contribution in [1.29, 1.82) is 0 Å². The highest BCUT2D eigenvalue weighted by molar-refractivity contribution is 7.98. The van der Waals surface area contributed by atoms with Gasteiger partial charge in [-0.05, 0) is 29.4 Å². The first-order chi connectivity index (χ1) is 14.5. The van der Waals surface area contributed by atoms with Gasteiger partial charge in [-0.25, -0.2) is 10.1 Å². The second-order valence-corrected chi connectivity index (χ2v) is 6.84. The fraction of sp³-hybridized carbons (Fsp3) is 0.200. The maximum Gasteiger partial charge on any atom is 0.293 e. The van der Waals surface area contributed by atoms with E-state index < -0.39 is 5.91 Å². The minimum Gasteiger partial charge on any atom is -0.463 e. The first-order valence-electron chi connectivity index (χ1n) is 8.43. The number of carbonyl (C=O) groups excluding carboxylic acids is 1. The molecule has 15 heteroatoms. The summed E-state index contributed by atoms with van der Waals surface area (Å²) in [5, 5.41) is 27.7. The number of anilines is 1. The monoisotopic (exact) mass is 429 g/mol. The van der Waals surface area contributed by atoms with Crippen LogP contribution in [0.3, 0.4) is 0 Å². The van der Waals surface area contributed by atoms with Gasteiger partial charge >= 0.3 is 0 Å². The predicted octanol–water partition coefficient (Wildman–Crippen LogP) is 0.400. The van der Waals surface area contributed by atoms with Crippen molar-refractivity contribution in [2.45, 2.75) is 17.8 Å². The van der Waals surface area contributed by atoms with Crippen LogP contribution in [0.4, 0.5) is 5.82 Å². The molecular formula is C15H15N11O3S. The summed E-state index contributed by atoms with van der Waals surface area (Å²) >= 11 is 1.32. The molecule has 4 aromatic heterocycles. The summed E-state index contributed by atoms with van der Waals surface area (Å²) in [5.41, 5.74) is 9.13. The van der Waals surface area contributed by atoms with Crippen LogP contribution in [0.2, 0.25) is 0 Å². The second-order valence-electron chi connectivity index (χ2n) is 5.90. The number of hydrogen-bond donors (Lipinski definition) is 2. The zero-order valence-corrected chi connectivity index (χ0v) is 16.6. The predicted molar refractivity (Wildman–Crippen MR) is 103 cm³/mol. The minimum absolute atomic E-state index is 0.00320. The Bertz CT molecular complexity index is 1190. The van der Waals surface area contributed by atoms with Crippen LogP contribution < -0.4 is 11.2 Å². The number of thioether (sulfide) groups is 1. The van der Waals surface area contributed by atoms with Crippen molar-refractivity contribution in [2.75, 3.05) is 5.73 Å². The molecule has 0 saturated carbocycles. The van der Waals surface area contributed by atoms with Crippen LogP contribution in [0.15, 0.2) is 44.0 Å². The van der Waals surface area contributed by atoms with Crippen molar-refractivity contribution < 1.29 is 13.8 Å². The molecule has 0 unspecified atom stereocenters. The van der Waals surface area contributed by atoms with Crippen molar-refractivity contribution in [2.24, 2.45) is 12.1 Å². The zero-order valence-electron chi connectivity index (χ0n) is 15.8. The van der Waals surface area contributed by atoms with Gasteiger partial charge in [0.15, 0.2) is 10.9 Å². The number of carbonyl (C=O) groups is 1. The van der Waals surface area contributed by atoms with Gasteiger partial charge in [-0.2, -0.15) is 9.78 Å². The first-order valence-corrected chi connectivity index (χ1v) is 9.41. The van der Waals surface area contributed by atoms with Crippen molar-refractivity contribution in [3.05, 3.63) is 41.9 Å². The van der Waals surface area contributed by atoms with Gasteiger partial charge in [0.2, 0.25) is 11.6 Å². The Morgan fingerprint density at radius 3 is 2.90 bits per heavy atom. The standard InChI is InChI=1S/C15H15N11O3S/c1-8(10-4-3-5-28-10)18-20-14(27)11-9(6-30-15-21-17-7-25(15)2)26(24-19-11)13-12(16)22-29-23-13/h3-5,7H,6H2,1-2H3,(H2,16,22)(H,20,27). The van der Waals surface area contributed by atoms with Gasteiger partial charge in [-0.15, -0.1) is 15.3 Å². The number of nitrogens with zero attached hydrogens (tertiary/aromatic N) is 9. The van der Waals surface area contributed by atoms with E-state index in [2.05, 4.69) is 46.0 Å². The van der Waals surface area contributed by atoms with Crippen LogP contribution in [0.25, 0.3) is 5.82 Å². The third kappa shape index (κ3) is 3.77. The Morgan fingerprint density at radius 1 is 1.37 bits per heavy atom. The number of nitrogens with two attached hydrogens (primary N) is 1. The molecule has 0 saturated heterocycles.